The third kappa shape index (κ3) is 2.12. The lowest BCUT2D eigenvalue weighted by Gasteiger charge is -2.26. The van der Waals surface area contributed by atoms with E-state index in [4.69, 9.17) is 16.3 Å². The fraction of sp³-hybridized carbons (Fsp3) is 0.294. The maximum atomic E-state index is 6.11. The van der Waals surface area contributed by atoms with Gasteiger partial charge in [-0.15, -0.1) is 0 Å². The van der Waals surface area contributed by atoms with Gasteiger partial charge in [0.15, 0.2) is 0 Å². The Morgan fingerprint density at radius 3 is 2.42 bits per heavy atom. The van der Waals surface area contributed by atoms with Crippen molar-refractivity contribution in [3.63, 3.8) is 0 Å². The van der Waals surface area contributed by atoms with Gasteiger partial charge < -0.3 is 4.74 Å². The first-order valence-electron chi connectivity index (χ1n) is 6.52. The molecular formula is C17H17ClO. The minimum atomic E-state index is -0.232. The number of hydrogen-bond donors (Lipinski definition) is 0. The second-order valence-corrected chi connectivity index (χ2v) is 6.17. The summed E-state index contributed by atoms with van der Waals surface area (Å²) in [4.78, 5) is 0. The average Bonchev–Trinajstić information content (AvgIpc) is 2.60. The van der Waals surface area contributed by atoms with Crippen LogP contribution >= 0.6 is 11.6 Å². The normalized spacial score (nSPS) is 19.9. The van der Waals surface area contributed by atoms with Crippen molar-refractivity contribution in [1.29, 1.82) is 0 Å². The molecule has 0 saturated carbocycles. The number of benzene rings is 2. The van der Waals surface area contributed by atoms with E-state index in [0.717, 1.165) is 10.8 Å². The molecule has 0 radical (unpaired) electrons. The van der Waals surface area contributed by atoms with Gasteiger partial charge in [0.25, 0.3) is 0 Å². The molecule has 0 fully saturated rings. The number of halogens is 1. The molecule has 1 heterocycles. The molecule has 0 aromatic heterocycles. The van der Waals surface area contributed by atoms with Crippen LogP contribution < -0.4 is 4.74 Å². The van der Waals surface area contributed by atoms with Gasteiger partial charge in [-0.05, 0) is 44.5 Å². The molecule has 0 bridgehead atoms. The molecule has 2 aromatic carbocycles. The zero-order valence-corrected chi connectivity index (χ0v) is 12.2. The van der Waals surface area contributed by atoms with Gasteiger partial charge >= 0.3 is 0 Å². The Bertz CT molecular complexity index is 614. The summed E-state index contributed by atoms with van der Waals surface area (Å²) in [6.45, 7) is 6.40. The Morgan fingerprint density at radius 2 is 1.74 bits per heavy atom. The van der Waals surface area contributed by atoms with E-state index in [1.165, 1.54) is 16.7 Å². The molecule has 2 aromatic rings. The highest BCUT2D eigenvalue weighted by atomic mass is 35.5. The molecule has 0 N–H and O–H groups in total. The van der Waals surface area contributed by atoms with Gasteiger partial charge in [-0.2, -0.15) is 0 Å². The fourth-order valence-electron chi connectivity index (χ4n) is 2.94. The highest BCUT2D eigenvalue weighted by molar-refractivity contribution is 6.30. The van der Waals surface area contributed by atoms with Crippen LogP contribution in [0.5, 0.6) is 5.75 Å². The van der Waals surface area contributed by atoms with Gasteiger partial charge in [0.05, 0.1) is 5.92 Å². The van der Waals surface area contributed by atoms with Crippen LogP contribution in [-0.4, -0.2) is 5.60 Å². The van der Waals surface area contributed by atoms with Crippen LogP contribution in [0.1, 0.15) is 36.5 Å². The van der Waals surface area contributed by atoms with Crippen molar-refractivity contribution in [3.8, 4) is 5.75 Å². The predicted molar refractivity (Wildman–Crippen MR) is 79.2 cm³/mol. The van der Waals surface area contributed by atoms with E-state index in [0.29, 0.717) is 0 Å². The van der Waals surface area contributed by atoms with Crippen molar-refractivity contribution in [2.75, 3.05) is 0 Å². The number of rotatable bonds is 1. The minimum Gasteiger partial charge on any atom is -0.487 e. The molecule has 1 atom stereocenters. The highest BCUT2D eigenvalue weighted by Crippen LogP contribution is 2.48. The molecule has 1 unspecified atom stereocenters. The van der Waals surface area contributed by atoms with Gasteiger partial charge in [-0.3, -0.25) is 0 Å². The summed E-state index contributed by atoms with van der Waals surface area (Å²) in [6, 6.07) is 14.5. The largest absolute Gasteiger partial charge is 0.487 e. The Hall–Kier alpha value is -1.47. The Balaban J connectivity index is 2.14. The third-order valence-electron chi connectivity index (χ3n) is 3.75. The number of ether oxygens (including phenoxy) is 1. The van der Waals surface area contributed by atoms with Crippen molar-refractivity contribution in [2.24, 2.45) is 0 Å². The van der Waals surface area contributed by atoms with Crippen LogP contribution in [0, 0.1) is 6.92 Å². The number of fused-ring (bicyclic) bond motifs is 1. The monoisotopic (exact) mass is 272 g/mol. The highest BCUT2D eigenvalue weighted by Gasteiger charge is 2.41. The van der Waals surface area contributed by atoms with E-state index >= 15 is 0 Å². The molecule has 0 aliphatic carbocycles. The van der Waals surface area contributed by atoms with Gasteiger partial charge in [0.2, 0.25) is 0 Å². The minimum absolute atomic E-state index is 0.232. The molecule has 3 rings (SSSR count). The van der Waals surface area contributed by atoms with Crippen molar-refractivity contribution in [2.45, 2.75) is 32.3 Å². The zero-order chi connectivity index (χ0) is 13.6. The Morgan fingerprint density at radius 1 is 1.05 bits per heavy atom. The first-order valence-corrected chi connectivity index (χ1v) is 6.90. The molecule has 98 valence electrons. The molecule has 19 heavy (non-hydrogen) atoms. The molecule has 2 heteroatoms. The van der Waals surface area contributed by atoms with Gasteiger partial charge in [-0.1, -0.05) is 41.4 Å². The molecular weight excluding hydrogens is 256 g/mol. The van der Waals surface area contributed by atoms with Crippen LogP contribution in [0.2, 0.25) is 5.02 Å². The molecule has 1 nitrogen and oxygen atoms in total. The first-order chi connectivity index (χ1) is 8.97. The maximum absolute atomic E-state index is 6.11. The lowest BCUT2D eigenvalue weighted by Crippen LogP contribution is -2.30. The quantitative estimate of drug-likeness (QED) is 0.714. The Labute approximate surface area is 119 Å². The molecule has 0 saturated heterocycles. The standard InChI is InChI=1S/C17H17ClO/c1-11-4-9-15-14(10-11)16(17(2,3)19-15)12-5-7-13(18)8-6-12/h4-10,16H,1-3H3. The predicted octanol–water partition coefficient (Wildman–Crippen LogP) is 4.95. The summed E-state index contributed by atoms with van der Waals surface area (Å²) in [6.07, 6.45) is 0. The Kier molecular flexibility index (Phi) is 2.83. The molecule has 1 aliphatic heterocycles. The summed E-state index contributed by atoms with van der Waals surface area (Å²) in [5, 5.41) is 0.768. The van der Waals surface area contributed by atoms with Gasteiger partial charge in [0, 0.05) is 10.6 Å². The summed E-state index contributed by atoms with van der Waals surface area (Å²) < 4.78 is 6.11. The maximum Gasteiger partial charge on any atom is 0.124 e. The van der Waals surface area contributed by atoms with Crippen molar-refractivity contribution < 1.29 is 4.74 Å². The van der Waals surface area contributed by atoms with E-state index in [2.05, 4.69) is 51.1 Å². The van der Waals surface area contributed by atoms with Crippen molar-refractivity contribution >= 4 is 11.6 Å². The summed E-state index contributed by atoms with van der Waals surface area (Å²) in [5.41, 5.74) is 3.55. The number of hydrogen-bond acceptors (Lipinski definition) is 1. The second kappa shape index (κ2) is 4.28. The lowest BCUT2D eigenvalue weighted by atomic mass is 9.81. The van der Waals surface area contributed by atoms with Crippen LogP contribution in [-0.2, 0) is 0 Å². The van der Waals surface area contributed by atoms with Crippen LogP contribution in [0.15, 0.2) is 42.5 Å². The number of aryl methyl sites for hydroxylation is 1. The van der Waals surface area contributed by atoms with Crippen LogP contribution in [0.3, 0.4) is 0 Å². The molecule has 0 amide bonds. The van der Waals surface area contributed by atoms with Crippen LogP contribution in [0.4, 0.5) is 0 Å². The van der Waals surface area contributed by atoms with Gasteiger partial charge in [-0.25, -0.2) is 0 Å². The fourth-order valence-corrected chi connectivity index (χ4v) is 3.07. The van der Waals surface area contributed by atoms with Crippen molar-refractivity contribution in [1.82, 2.24) is 0 Å². The van der Waals surface area contributed by atoms with Gasteiger partial charge in [0.1, 0.15) is 11.4 Å². The SMILES string of the molecule is Cc1ccc2c(c1)C(c1ccc(Cl)cc1)C(C)(C)O2. The van der Waals surface area contributed by atoms with E-state index in [1.54, 1.807) is 0 Å². The third-order valence-corrected chi connectivity index (χ3v) is 4.00. The summed E-state index contributed by atoms with van der Waals surface area (Å²) in [5.74, 6) is 1.25. The smallest absolute Gasteiger partial charge is 0.124 e. The van der Waals surface area contributed by atoms with E-state index in [1.807, 2.05) is 12.1 Å². The van der Waals surface area contributed by atoms with E-state index in [9.17, 15) is 0 Å². The topological polar surface area (TPSA) is 9.23 Å². The lowest BCUT2D eigenvalue weighted by molar-refractivity contribution is 0.122. The van der Waals surface area contributed by atoms with Crippen LogP contribution in [0.25, 0.3) is 0 Å². The van der Waals surface area contributed by atoms with E-state index < -0.39 is 0 Å². The molecule has 1 aliphatic rings. The molecule has 0 spiro atoms. The zero-order valence-electron chi connectivity index (χ0n) is 11.4. The average molecular weight is 273 g/mol. The summed E-state index contributed by atoms with van der Waals surface area (Å²) in [7, 11) is 0. The second-order valence-electron chi connectivity index (χ2n) is 5.73. The van der Waals surface area contributed by atoms with E-state index in [-0.39, 0.29) is 11.5 Å². The summed E-state index contributed by atoms with van der Waals surface area (Å²) >= 11 is 5.98. The first kappa shape index (κ1) is 12.6. The van der Waals surface area contributed by atoms with Crippen molar-refractivity contribution in [3.05, 3.63) is 64.2 Å².